The van der Waals surface area contributed by atoms with E-state index in [0.29, 0.717) is 12.1 Å². The van der Waals surface area contributed by atoms with Gasteiger partial charge >= 0.3 is 6.18 Å². The number of carbonyl (C=O) groups excluding carboxylic acids is 2. The van der Waals surface area contributed by atoms with Crippen molar-refractivity contribution in [1.29, 1.82) is 0 Å². The summed E-state index contributed by atoms with van der Waals surface area (Å²) in [5.74, 6) is -0.00258. The molecule has 0 aromatic heterocycles. The van der Waals surface area contributed by atoms with Gasteiger partial charge in [0.15, 0.2) is 0 Å². The SMILES string of the molecule is CN(C)CCNC(=O)CCN1C(=O)CS[C@@H]1c1ccc(C(F)(F)F)cc1. The normalized spacial score (nSPS) is 17.8. The Hall–Kier alpha value is -1.74. The van der Waals surface area contributed by atoms with E-state index in [9.17, 15) is 22.8 Å². The minimum absolute atomic E-state index is 0.110. The number of thioether (sulfide) groups is 1. The van der Waals surface area contributed by atoms with E-state index in [4.69, 9.17) is 0 Å². The number of nitrogens with zero attached hydrogens (tertiary/aromatic N) is 2. The van der Waals surface area contributed by atoms with Crippen LogP contribution < -0.4 is 5.32 Å². The summed E-state index contributed by atoms with van der Waals surface area (Å²) in [6, 6.07) is 4.82. The van der Waals surface area contributed by atoms with Gasteiger partial charge in [-0.05, 0) is 31.8 Å². The first kappa shape index (κ1) is 20.6. The lowest BCUT2D eigenvalue weighted by molar-refractivity contribution is -0.137. The maximum Gasteiger partial charge on any atom is 0.416 e. The van der Waals surface area contributed by atoms with Crippen LogP contribution in [0.4, 0.5) is 13.2 Å². The molecule has 0 spiro atoms. The average molecular weight is 389 g/mol. The number of rotatable bonds is 7. The monoisotopic (exact) mass is 389 g/mol. The molecule has 1 aliphatic heterocycles. The molecule has 1 atom stereocenters. The van der Waals surface area contributed by atoms with Crippen LogP contribution in [0.15, 0.2) is 24.3 Å². The molecule has 5 nitrogen and oxygen atoms in total. The molecule has 0 saturated carbocycles. The van der Waals surface area contributed by atoms with E-state index in [1.807, 2.05) is 19.0 Å². The van der Waals surface area contributed by atoms with Crippen molar-refractivity contribution in [3.05, 3.63) is 35.4 Å². The number of halogens is 3. The summed E-state index contributed by atoms with van der Waals surface area (Å²) in [7, 11) is 3.81. The van der Waals surface area contributed by atoms with E-state index in [-0.39, 0.29) is 35.9 Å². The van der Waals surface area contributed by atoms with Gasteiger partial charge in [-0.3, -0.25) is 9.59 Å². The van der Waals surface area contributed by atoms with Crippen LogP contribution in [0.5, 0.6) is 0 Å². The van der Waals surface area contributed by atoms with Crippen molar-refractivity contribution in [2.24, 2.45) is 0 Å². The molecule has 0 aliphatic carbocycles. The van der Waals surface area contributed by atoms with Gasteiger partial charge in [-0.2, -0.15) is 13.2 Å². The molecule has 1 aromatic rings. The zero-order valence-corrected chi connectivity index (χ0v) is 15.5. The quantitative estimate of drug-likeness (QED) is 0.778. The van der Waals surface area contributed by atoms with Crippen molar-refractivity contribution >= 4 is 23.6 Å². The smallest absolute Gasteiger partial charge is 0.355 e. The van der Waals surface area contributed by atoms with Gasteiger partial charge in [0.2, 0.25) is 11.8 Å². The van der Waals surface area contributed by atoms with Crippen LogP contribution in [0.25, 0.3) is 0 Å². The van der Waals surface area contributed by atoms with E-state index >= 15 is 0 Å². The van der Waals surface area contributed by atoms with Crippen molar-refractivity contribution in [2.75, 3.05) is 39.5 Å². The fourth-order valence-electron chi connectivity index (χ4n) is 2.54. The van der Waals surface area contributed by atoms with Gasteiger partial charge in [-0.1, -0.05) is 12.1 Å². The van der Waals surface area contributed by atoms with Crippen LogP contribution in [0, 0.1) is 0 Å². The summed E-state index contributed by atoms with van der Waals surface area (Å²) < 4.78 is 38.0. The van der Waals surface area contributed by atoms with Crippen LogP contribution in [0.3, 0.4) is 0 Å². The van der Waals surface area contributed by atoms with Crippen molar-refractivity contribution in [1.82, 2.24) is 15.1 Å². The maximum absolute atomic E-state index is 12.7. The maximum atomic E-state index is 12.7. The second kappa shape index (κ2) is 8.77. The Labute approximate surface area is 154 Å². The zero-order chi connectivity index (χ0) is 19.3. The molecule has 1 saturated heterocycles. The largest absolute Gasteiger partial charge is 0.416 e. The van der Waals surface area contributed by atoms with Gasteiger partial charge < -0.3 is 15.1 Å². The van der Waals surface area contributed by atoms with Crippen LogP contribution in [0.1, 0.15) is 22.9 Å². The average Bonchev–Trinajstić information content (AvgIpc) is 2.92. The third kappa shape index (κ3) is 5.63. The Bertz CT molecular complexity index is 635. The molecular weight excluding hydrogens is 367 g/mol. The first-order valence-electron chi connectivity index (χ1n) is 8.18. The topological polar surface area (TPSA) is 52.7 Å². The van der Waals surface area contributed by atoms with E-state index in [1.165, 1.54) is 23.9 Å². The first-order valence-corrected chi connectivity index (χ1v) is 9.23. The Morgan fingerprint density at radius 2 is 1.96 bits per heavy atom. The lowest BCUT2D eigenvalue weighted by atomic mass is 10.1. The highest BCUT2D eigenvalue weighted by molar-refractivity contribution is 8.00. The zero-order valence-electron chi connectivity index (χ0n) is 14.7. The molecular formula is C17H22F3N3O2S. The number of nitrogens with one attached hydrogen (secondary N) is 1. The van der Waals surface area contributed by atoms with Crippen molar-refractivity contribution in [2.45, 2.75) is 18.0 Å². The highest BCUT2D eigenvalue weighted by Gasteiger charge is 2.34. The van der Waals surface area contributed by atoms with Gasteiger partial charge in [-0.15, -0.1) is 11.8 Å². The summed E-state index contributed by atoms with van der Waals surface area (Å²) in [4.78, 5) is 27.5. The molecule has 1 N–H and O–H groups in total. The summed E-state index contributed by atoms with van der Waals surface area (Å²) in [5.41, 5.74) is -0.0933. The Morgan fingerprint density at radius 1 is 1.31 bits per heavy atom. The molecule has 0 radical (unpaired) electrons. The minimum atomic E-state index is -4.39. The number of carbonyl (C=O) groups is 2. The van der Waals surface area contributed by atoms with Crippen LogP contribution in [-0.2, 0) is 15.8 Å². The predicted octanol–water partition coefficient (Wildman–Crippen LogP) is 2.35. The minimum Gasteiger partial charge on any atom is -0.355 e. The molecule has 26 heavy (non-hydrogen) atoms. The summed E-state index contributed by atoms with van der Waals surface area (Å²) >= 11 is 1.36. The van der Waals surface area contributed by atoms with Crippen molar-refractivity contribution in [3.8, 4) is 0 Å². The fraction of sp³-hybridized carbons (Fsp3) is 0.529. The van der Waals surface area contributed by atoms with Gasteiger partial charge in [0, 0.05) is 26.1 Å². The highest BCUT2D eigenvalue weighted by atomic mass is 32.2. The number of alkyl halides is 3. The number of likely N-dealkylation sites (N-methyl/N-ethyl adjacent to an activating group) is 1. The molecule has 1 aliphatic rings. The van der Waals surface area contributed by atoms with Crippen molar-refractivity contribution in [3.63, 3.8) is 0 Å². The number of benzene rings is 1. The molecule has 9 heteroatoms. The standard InChI is InChI=1S/C17H22F3N3O2S/c1-22(2)10-8-21-14(24)7-9-23-15(25)11-26-16(23)12-3-5-13(6-4-12)17(18,19)20/h3-6,16H,7-11H2,1-2H3,(H,21,24)/t16-/m1/s1. The van der Waals surface area contributed by atoms with E-state index in [2.05, 4.69) is 5.32 Å². The number of hydrogen-bond donors (Lipinski definition) is 1. The van der Waals surface area contributed by atoms with E-state index < -0.39 is 11.7 Å². The second-order valence-corrected chi connectivity index (χ2v) is 7.34. The van der Waals surface area contributed by atoms with Crippen molar-refractivity contribution < 1.29 is 22.8 Å². The highest BCUT2D eigenvalue weighted by Crippen LogP contribution is 2.39. The van der Waals surface area contributed by atoms with E-state index in [1.54, 1.807) is 4.90 Å². The molecule has 0 bridgehead atoms. The van der Waals surface area contributed by atoms with Gasteiger partial charge in [0.05, 0.1) is 11.3 Å². The molecule has 2 amide bonds. The Balaban J connectivity index is 1.94. The fourth-order valence-corrected chi connectivity index (χ4v) is 3.76. The number of hydrogen-bond acceptors (Lipinski definition) is 4. The molecule has 1 fully saturated rings. The Kier molecular flexibility index (Phi) is 6.94. The van der Waals surface area contributed by atoms with Gasteiger partial charge in [-0.25, -0.2) is 0 Å². The van der Waals surface area contributed by atoms with Crippen LogP contribution in [0.2, 0.25) is 0 Å². The second-order valence-electron chi connectivity index (χ2n) is 6.27. The van der Waals surface area contributed by atoms with Crippen LogP contribution in [-0.4, -0.2) is 61.1 Å². The number of amides is 2. The summed E-state index contributed by atoms with van der Waals surface area (Å²) in [5, 5.41) is 2.42. The molecule has 0 unspecified atom stereocenters. The first-order chi connectivity index (χ1) is 12.2. The molecule has 144 valence electrons. The van der Waals surface area contributed by atoms with Crippen LogP contribution >= 0.6 is 11.8 Å². The third-order valence-corrected chi connectivity index (χ3v) is 5.21. The van der Waals surface area contributed by atoms with Gasteiger partial charge in [0.25, 0.3) is 0 Å². The Morgan fingerprint density at radius 3 is 2.54 bits per heavy atom. The lowest BCUT2D eigenvalue weighted by Gasteiger charge is -2.24. The lowest BCUT2D eigenvalue weighted by Crippen LogP contribution is -2.35. The van der Waals surface area contributed by atoms with Gasteiger partial charge in [0.1, 0.15) is 5.37 Å². The summed E-state index contributed by atoms with van der Waals surface area (Å²) in [6.07, 6.45) is -4.22. The molecule has 1 aromatic carbocycles. The molecule has 2 rings (SSSR count). The van der Waals surface area contributed by atoms with E-state index in [0.717, 1.165) is 18.7 Å². The predicted molar refractivity (Wildman–Crippen MR) is 94.5 cm³/mol. The summed E-state index contributed by atoms with van der Waals surface area (Å²) in [6.45, 7) is 1.49. The molecule has 1 heterocycles. The third-order valence-electron chi connectivity index (χ3n) is 3.95.